The molecule has 214 valence electrons. The van der Waals surface area contributed by atoms with Crippen molar-refractivity contribution in [3.8, 4) is 0 Å². The summed E-state index contributed by atoms with van der Waals surface area (Å²) in [5, 5.41) is 13.1. The molecule has 0 saturated carbocycles. The Morgan fingerprint density at radius 1 is 0.950 bits per heavy atom. The molecule has 3 aromatic rings. The summed E-state index contributed by atoms with van der Waals surface area (Å²) < 4.78 is 66.2. The van der Waals surface area contributed by atoms with Crippen LogP contribution in [0.4, 0.5) is 22.0 Å². The standard InChI is InChI=1S/C29H30F5N3O3/c1-2-18-5-3-6-19(9-18)16-37(17-26(38)25(35)12-20-10-23(30)14-24(31)11-20)27(39)15-36-28(40)21-7-4-8-22(13-21)29(32,33)34/h3-11,13-14,25-26,38H,2,12,15-17,35H2,1H3,(H,36,40)/t25-,26+/m0/s1. The van der Waals surface area contributed by atoms with Gasteiger partial charge in [0.05, 0.1) is 18.2 Å². The quantitative estimate of drug-likeness (QED) is 0.304. The molecule has 0 heterocycles. The number of nitrogens with zero attached hydrogens (tertiary/aromatic N) is 1. The number of carbonyl (C=O) groups is 2. The number of hydrogen-bond acceptors (Lipinski definition) is 4. The van der Waals surface area contributed by atoms with E-state index in [2.05, 4.69) is 5.32 Å². The van der Waals surface area contributed by atoms with Crippen LogP contribution in [0.5, 0.6) is 0 Å². The van der Waals surface area contributed by atoms with Crippen molar-refractivity contribution < 1.29 is 36.6 Å². The van der Waals surface area contributed by atoms with Crippen molar-refractivity contribution in [1.82, 2.24) is 10.2 Å². The van der Waals surface area contributed by atoms with Gasteiger partial charge >= 0.3 is 6.18 Å². The Labute approximate surface area is 228 Å². The Bertz CT molecular complexity index is 1310. The highest BCUT2D eigenvalue weighted by molar-refractivity contribution is 5.96. The van der Waals surface area contributed by atoms with E-state index >= 15 is 0 Å². The monoisotopic (exact) mass is 563 g/mol. The van der Waals surface area contributed by atoms with Crippen molar-refractivity contribution in [2.45, 2.75) is 44.6 Å². The van der Waals surface area contributed by atoms with E-state index in [0.717, 1.165) is 41.8 Å². The van der Waals surface area contributed by atoms with Gasteiger partial charge in [0.25, 0.3) is 5.91 Å². The number of alkyl halides is 3. The van der Waals surface area contributed by atoms with Crippen LogP contribution < -0.4 is 11.1 Å². The van der Waals surface area contributed by atoms with Crippen LogP contribution in [0.3, 0.4) is 0 Å². The van der Waals surface area contributed by atoms with Gasteiger partial charge < -0.3 is 21.1 Å². The molecular formula is C29H30F5N3O3. The fourth-order valence-electron chi connectivity index (χ4n) is 4.13. The molecule has 11 heteroatoms. The van der Waals surface area contributed by atoms with Crippen LogP contribution in [0, 0.1) is 11.6 Å². The van der Waals surface area contributed by atoms with Crippen molar-refractivity contribution in [3.63, 3.8) is 0 Å². The van der Waals surface area contributed by atoms with Gasteiger partial charge in [-0.3, -0.25) is 9.59 Å². The Balaban J connectivity index is 1.73. The number of aliphatic hydroxyl groups excluding tert-OH is 1. The Kier molecular flexibility index (Phi) is 10.4. The summed E-state index contributed by atoms with van der Waals surface area (Å²) in [5.41, 5.74) is 6.80. The number of aliphatic hydroxyl groups is 1. The average Bonchev–Trinajstić information content (AvgIpc) is 2.90. The molecule has 0 unspecified atom stereocenters. The van der Waals surface area contributed by atoms with E-state index in [1.165, 1.54) is 11.0 Å². The lowest BCUT2D eigenvalue weighted by atomic mass is 10.0. The lowest BCUT2D eigenvalue weighted by Crippen LogP contribution is -2.48. The highest BCUT2D eigenvalue weighted by atomic mass is 19.4. The van der Waals surface area contributed by atoms with Crippen LogP contribution in [-0.2, 0) is 30.4 Å². The highest BCUT2D eigenvalue weighted by Gasteiger charge is 2.31. The maximum Gasteiger partial charge on any atom is 0.416 e. The SMILES string of the molecule is CCc1cccc(CN(C[C@@H](O)[C@@H](N)Cc2cc(F)cc(F)c2)C(=O)CNC(=O)c2cccc(C(F)(F)F)c2)c1. The van der Waals surface area contributed by atoms with E-state index in [9.17, 15) is 36.6 Å². The molecule has 0 fully saturated rings. The van der Waals surface area contributed by atoms with Crippen molar-refractivity contribution in [1.29, 1.82) is 0 Å². The van der Waals surface area contributed by atoms with Gasteiger partial charge in [0.2, 0.25) is 5.91 Å². The molecule has 3 aromatic carbocycles. The molecule has 6 nitrogen and oxygen atoms in total. The van der Waals surface area contributed by atoms with Crippen molar-refractivity contribution >= 4 is 11.8 Å². The second-order valence-corrected chi connectivity index (χ2v) is 9.42. The van der Waals surface area contributed by atoms with Crippen LogP contribution in [0.2, 0.25) is 0 Å². The van der Waals surface area contributed by atoms with E-state index in [0.29, 0.717) is 12.1 Å². The van der Waals surface area contributed by atoms with Crippen LogP contribution in [-0.4, -0.2) is 47.1 Å². The molecule has 40 heavy (non-hydrogen) atoms. The molecule has 0 aliphatic rings. The van der Waals surface area contributed by atoms with Crippen molar-refractivity contribution in [3.05, 3.63) is 106 Å². The first-order valence-corrected chi connectivity index (χ1v) is 12.6. The largest absolute Gasteiger partial charge is 0.416 e. The lowest BCUT2D eigenvalue weighted by Gasteiger charge is -2.28. The normalized spacial score (nSPS) is 13.0. The summed E-state index contributed by atoms with van der Waals surface area (Å²) in [6.07, 6.45) is -5.27. The van der Waals surface area contributed by atoms with Gasteiger partial charge in [-0.2, -0.15) is 13.2 Å². The molecule has 2 atom stereocenters. The number of amides is 2. The number of hydrogen-bond donors (Lipinski definition) is 3. The Hall–Kier alpha value is -3.83. The minimum atomic E-state index is -4.64. The molecule has 0 aliphatic heterocycles. The molecular weight excluding hydrogens is 533 g/mol. The maximum absolute atomic E-state index is 13.6. The van der Waals surface area contributed by atoms with E-state index in [1.807, 2.05) is 25.1 Å². The lowest BCUT2D eigenvalue weighted by molar-refractivity contribution is -0.137. The summed E-state index contributed by atoms with van der Waals surface area (Å²) in [5.74, 6) is -3.08. The van der Waals surface area contributed by atoms with Crippen LogP contribution in [0.15, 0.2) is 66.7 Å². The zero-order valence-corrected chi connectivity index (χ0v) is 21.7. The first kappa shape index (κ1) is 30.7. The minimum absolute atomic E-state index is 0.0461. The number of nitrogens with two attached hydrogens (primary N) is 1. The number of halogens is 5. The van der Waals surface area contributed by atoms with Gasteiger partial charge in [0.15, 0.2) is 0 Å². The summed E-state index contributed by atoms with van der Waals surface area (Å²) in [6, 6.07) is 13.1. The summed E-state index contributed by atoms with van der Waals surface area (Å²) in [7, 11) is 0. The molecule has 0 aliphatic carbocycles. The van der Waals surface area contributed by atoms with Gasteiger partial charge in [-0.15, -0.1) is 0 Å². The molecule has 0 radical (unpaired) electrons. The van der Waals surface area contributed by atoms with Gasteiger partial charge in [0, 0.05) is 30.8 Å². The molecule has 0 spiro atoms. The number of carbonyl (C=O) groups excluding carboxylic acids is 2. The van der Waals surface area contributed by atoms with E-state index < -0.39 is 53.9 Å². The zero-order valence-electron chi connectivity index (χ0n) is 21.7. The zero-order chi connectivity index (χ0) is 29.4. The topological polar surface area (TPSA) is 95.7 Å². The van der Waals surface area contributed by atoms with Crippen molar-refractivity contribution in [2.75, 3.05) is 13.1 Å². The first-order valence-electron chi connectivity index (χ1n) is 12.6. The average molecular weight is 564 g/mol. The Morgan fingerprint density at radius 3 is 2.25 bits per heavy atom. The van der Waals surface area contributed by atoms with Gasteiger partial charge in [-0.25, -0.2) is 8.78 Å². The second-order valence-electron chi connectivity index (χ2n) is 9.42. The second kappa shape index (κ2) is 13.5. The third-order valence-corrected chi connectivity index (χ3v) is 6.27. The van der Waals surface area contributed by atoms with Crippen LogP contribution in [0.25, 0.3) is 0 Å². The molecule has 4 N–H and O–H groups in total. The molecule has 0 aromatic heterocycles. The molecule has 3 rings (SSSR count). The summed E-state index contributed by atoms with van der Waals surface area (Å²) in [6.45, 7) is 1.18. The number of rotatable bonds is 11. The third-order valence-electron chi connectivity index (χ3n) is 6.27. The number of nitrogens with one attached hydrogen (secondary N) is 1. The molecule has 0 bridgehead atoms. The molecule has 0 saturated heterocycles. The predicted octanol–water partition coefficient (Wildman–Crippen LogP) is 4.24. The van der Waals surface area contributed by atoms with E-state index in [1.54, 1.807) is 6.07 Å². The molecule has 2 amide bonds. The van der Waals surface area contributed by atoms with Gasteiger partial charge in [-0.05, 0) is 59.9 Å². The first-order chi connectivity index (χ1) is 18.8. The summed E-state index contributed by atoms with van der Waals surface area (Å²) >= 11 is 0. The van der Waals surface area contributed by atoms with Crippen LogP contribution in [0.1, 0.15) is 39.5 Å². The van der Waals surface area contributed by atoms with E-state index in [-0.39, 0.29) is 30.6 Å². The third kappa shape index (κ3) is 8.85. The fraction of sp³-hybridized carbons (Fsp3) is 0.310. The van der Waals surface area contributed by atoms with E-state index in [4.69, 9.17) is 5.73 Å². The number of benzene rings is 3. The fourth-order valence-corrected chi connectivity index (χ4v) is 4.13. The Morgan fingerprint density at radius 2 is 1.60 bits per heavy atom. The number of aryl methyl sites for hydroxylation is 1. The maximum atomic E-state index is 13.6. The minimum Gasteiger partial charge on any atom is -0.390 e. The predicted molar refractivity (Wildman–Crippen MR) is 139 cm³/mol. The van der Waals surface area contributed by atoms with Gasteiger partial charge in [0.1, 0.15) is 11.6 Å². The van der Waals surface area contributed by atoms with Gasteiger partial charge in [-0.1, -0.05) is 37.3 Å². The smallest absolute Gasteiger partial charge is 0.390 e. The van der Waals surface area contributed by atoms with Crippen LogP contribution >= 0.6 is 0 Å². The summed E-state index contributed by atoms with van der Waals surface area (Å²) in [4.78, 5) is 26.9. The highest BCUT2D eigenvalue weighted by Crippen LogP contribution is 2.29. The van der Waals surface area contributed by atoms with Crippen molar-refractivity contribution in [2.24, 2.45) is 5.73 Å².